The molecule has 0 saturated heterocycles. The van der Waals surface area contributed by atoms with Crippen molar-refractivity contribution in [1.82, 2.24) is 5.32 Å². The number of hydrogen-bond donors (Lipinski definition) is 2. The summed E-state index contributed by atoms with van der Waals surface area (Å²) in [7, 11) is 1.49. The molecule has 1 unspecified atom stereocenters. The van der Waals surface area contributed by atoms with Crippen molar-refractivity contribution in [3.63, 3.8) is 0 Å². The van der Waals surface area contributed by atoms with Gasteiger partial charge in [0.1, 0.15) is 6.61 Å². The van der Waals surface area contributed by atoms with Crippen LogP contribution in [0, 0.1) is 5.92 Å². The van der Waals surface area contributed by atoms with E-state index in [1.165, 1.54) is 7.11 Å². The lowest BCUT2D eigenvalue weighted by Crippen LogP contribution is -2.33. The molecule has 0 aromatic heterocycles. The third-order valence-corrected chi connectivity index (χ3v) is 1.33. The van der Waals surface area contributed by atoms with Crippen molar-refractivity contribution < 1.29 is 9.53 Å². The number of hydrogen-bond acceptors (Lipinski definition) is 3. The maximum Gasteiger partial charge on any atom is 0.245 e. The third kappa shape index (κ3) is 5.82. The predicted molar refractivity (Wildman–Crippen MR) is 43.1 cm³/mol. The summed E-state index contributed by atoms with van der Waals surface area (Å²) < 4.78 is 4.63. The Kier molecular flexibility index (Phi) is 5.78. The van der Waals surface area contributed by atoms with Gasteiger partial charge in [-0.1, -0.05) is 6.92 Å². The maximum atomic E-state index is 10.8. The van der Waals surface area contributed by atoms with Crippen LogP contribution < -0.4 is 11.1 Å². The molecular weight excluding hydrogens is 144 g/mol. The zero-order valence-corrected chi connectivity index (χ0v) is 7.09. The van der Waals surface area contributed by atoms with Crippen molar-refractivity contribution in [3.8, 4) is 0 Å². The predicted octanol–water partition coefficient (Wildman–Crippen LogP) is -0.656. The first kappa shape index (κ1) is 10.4. The molecule has 1 atom stereocenters. The van der Waals surface area contributed by atoms with Crippen molar-refractivity contribution in [2.45, 2.75) is 6.92 Å². The molecule has 66 valence electrons. The van der Waals surface area contributed by atoms with Crippen molar-refractivity contribution >= 4 is 5.91 Å². The van der Waals surface area contributed by atoms with Gasteiger partial charge in [0.2, 0.25) is 5.91 Å². The van der Waals surface area contributed by atoms with Crippen LogP contribution in [-0.4, -0.2) is 32.7 Å². The van der Waals surface area contributed by atoms with E-state index < -0.39 is 0 Å². The first-order valence-corrected chi connectivity index (χ1v) is 3.66. The molecule has 0 fully saturated rings. The summed E-state index contributed by atoms with van der Waals surface area (Å²) >= 11 is 0. The Hall–Kier alpha value is -0.610. The van der Waals surface area contributed by atoms with Crippen molar-refractivity contribution in [3.05, 3.63) is 0 Å². The third-order valence-electron chi connectivity index (χ3n) is 1.33. The second kappa shape index (κ2) is 6.12. The first-order chi connectivity index (χ1) is 5.20. The number of nitrogens with two attached hydrogens (primary N) is 1. The Balaban J connectivity index is 3.30. The molecule has 0 aliphatic carbocycles. The molecule has 0 aromatic carbocycles. The van der Waals surface area contributed by atoms with Gasteiger partial charge in [-0.05, 0) is 12.5 Å². The zero-order valence-electron chi connectivity index (χ0n) is 7.09. The van der Waals surface area contributed by atoms with Crippen LogP contribution in [0.5, 0.6) is 0 Å². The summed E-state index contributed by atoms with van der Waals surface area (Å²) in [5.41, 5.74) is 5.35. The summed E-state index contributed by atoms with van der Waals surface area (Å²) in [4.78, 5) is 10.8. The van der Waals surface area contributed by atoms with Crippen LogP contribution >= 0.6 is 0 Å². The summed E-state index contributed by atoms with van der Waals surface area (Å²) in [5, 5.41) is 2.69. The van der Waals surface area contributed by atoms with Crippen LogP contribution in [0.2, 0.25) is 0 Å². The number of carbonyl (C=O) groups excluding carboxylic acids is 1. The fraction of sp³-hybridized carbons (Fsp3) is 0.857. The highest BCUT2D eigenvalue weighted by molar-refractivity contribution is 5.77. The highest BCUT2D eigenvalue weighted by Gasteiger charge is 2.02. The highest BCUT2D eigenvalue weighted by Crippen LogP contribution is 1.86. The lowest BCUT2D eigenvalue weighted by atomic mass is 10.2. The second-order valence-corrected chi connectivity index (χ2v) is 2.58. The first-order valence-electron chi connectivity index (χ1n) is 3.66. The van der Waals surface area contributed by atoms with E-state index in [1.54, 1.807) is 0 Å². The smallest absolute Gasteiger partial charge is 0.245 e. The molecule has 4 nitrogen and oxygen atoms in total. The van der Waals surface area contributed by atoms with Crippen LogP contribution in [0.4, 0.5) is 0 Å². The molecule has 0 radical (unpaired) electrons. The zero-order chi connectivity index (χ0) is 8.69. The highest BCUT2D eigenvalue weighted by atomic mass is 16.5. The maximum absolute atomic E-state index is 10.8. The van der Waals surface area contributed by atoms with E-state index in [4.69, 9.17) is 5.73 Å². The number of nitrogens with one attached hydrogen (secondary N) is 1. The van der Waals surface area contributed by atoms with Gasteiger partial charge in [-0.3, -0.25) is 4.79 Å². The lowest BCUT2D eigenvalue weighted by Gasteiger charge is -2.08. The molecule has 0 bridgehead atoms. The number of methoxy groups -OCH3 is 1. The van der Waals surface area contributed by atoms with E-state index in [1.807, 2.05) is 6.92 Å². The molecule has 0 aliphatic heterocycles. The molecule has 0 heterocycles. The summed E-state index contributed by atoms with van der Waals surface area (Å²) in [6, 6.07) is 0. The minimum absolute atomic E-state index is 0.0900. The van der Waals surface area contributed by atoms with Crippen molar-refractivity contribution in [2.24, 2.45) is 11.7 Å². The number of carbonyl (C=O) groups is 1. The van der Waals surface area contributed by atoms with Gasteiger partial charge in [-0.25, -0.2) is 0 Å². The van der Waals surface area contributed by atoms with E-state index in [0.717, 1.165) is 0 Å². The molecule has 3 N–H and O–H groups in total. The Bertz CT molecular complexity index is 117. The Labute approximate surface area is 67.1 Å². The fourth-order valence-corrected chi connectivity index (χ4v) is 0.554. The van der Waals surface area contributed by atoms with Crippen LogP contribution in [-0.2, 0) is 9.53 Å². The van der Waals surface area contributed by atoms with Gasteiger partial charge in [0.05, 0.1) is 0 Å². The average Bonchev–Trinajstić information content (AvgIpc) is 2.01. The number of rotatable bonds is 5. The second-order valence-electron chi connectivity index (χ2n) is 2.58. The minimum atomic E-state index is -0.0900. The molecule has 11 heavy (non-hydrogen) atoms. The van der Waals surface area contributed by atoms with Gasteiger partial charge in [-0.2, -0.15) is 0 Å². The molecule has 0 aliphatic rings. The van der Waals surface area contributed by atoms with Gasteiger partial charge in [0, 0.05) is 13.7 Å². The molecule has 0 saturated carbocycles. The molecule has 4 heteroatoms. The normalized spacial score (nSPS) is 12.6. The monoisotopic (exact) mass is 160 g/mol. The summed E-state index contributed by atoms with van der Waals surface area (Å²) in [5.74, 6) is 0.239. The average molecular weight is 160 g/mol. The Morgan fingerprint density at radius 3 is 2.82 bits per heavy atom. The van der Waals surface area contributed by atoms with E-state index in [2.05, 4.69) is 10.1 Å². The van der Waals surface area contributed by atoms with Crippen molar-refractivity contribution in [1.29, 1.82) is 0 Å². The Morgan fingerprint density at radius 2 is 2.36 bits per heavy atom. The van der Waals surface area contributed by atoms with Gasteiger partial charge in [0.25, 0.3) is 0 Å². The van der Waals surface area contributed by atoms with E-state index in [-0.39, 0.29) is 12.5 Å². The molecule has 1 amide bonds. The van der Waals surface area contributed by atoms with Gasteiger partial charge in [-0.15, -0.1) is 0 Å². The van der Waals surface area contributed by atoms with Crippen LogP contribution in [0.25, 0.3) is 0 Å². The van der Waals surface area contributed by atoms with Crippen molar-refractivity contribution in [2.75, 3.05) is 26.8 Å². The fourth-order valence-electron chi connectivity index (χ4n) is 0.554. The molecule has 0 aromatic rings. The molecule has 0 spiro atoms. The van der Waals surface area contributed by atoms with Gasteiger partial charge < -0.3 is 15.8 Å². The van der Waals surface area contributed by atoms with Gasteiger partial charge in [0.15, 0.2) is 0 Å². The quantitative estimate of drug-likeness (QED) is 0.561. The van der Waals surface area contributed by atoms with E-state index in [9.17, 15) is 4.79 Å². The topological polar surface area (TPSA) is 64.3 Å². The van der Waals surface area contributed by atoms with E-state index in [0.29, 0.717) is 19.0 Å². The van der Waals surface area contributed by atoms with Crippen LogP contribution in [0.15, 0.2) is 0 Å². The van der Waals surface area contributed by atoms with Crippen LogP contribution in [0.1, 0.15) is 6.92 Å². The standard InChI is InChI=1S/C7H16N2O2/c1-6(3-8)4-9-7(10)5-11-2/h6H,3-5,8H2,1-2H3,(H,9,10). The SMILES string of the molecule is COCC(=O)NCC(C)CN. The molecular formula is C7H16N2O2. The molecule has 0 rings (SSSR count). The largest absolute Gasteiger partial charge is 0.375 e. The minimum Gasteiger partial charge on any atom is -0.375 e. The van der Waals surface area contributed by atoms with Gasteiger partial charge >= 0.3 is 0 Å². The lowest BCUT2D eigenvalue weighted by molar-refractivity contribution is -0.124. The Morgan fingerprint density at radius 1 is 1.73 bits per heavy atom. The number of ether oxygens (including phenoxy) is 1. The number of amides is 1. The summed E-state index contributed by atoms with van der Waals surface area (Å²) in [6.07, 6.45) is 0. The van der Waals surface area contributed by atoms with Crippen LogP contribution in [0.3, 0.4) is 0 Å². The summed E-state index contributed by atoms with van der Waals surface area (Å²) in [6.45, 7) is 3.32. The van der Waals surface area contributed by atoms with E-state index >= 15 is 0 Å².